The average Bonchev–Trinajstić information content (AvgIpc) is 3.12. The maximum Gasteiger partial charge on any atom is 0.338 e. The molecule has 1 aliphatic heterocycles. The van der Waals surface area contributed by atoms with Gasteiger partial charge in [-0.25, -0.2) is 9.79 Å². The molecule has 1 atom stereocenters. The van der Waals surface area contributed by atoms with Crippen LogP contribution in [0, 0.1) is 0 Å². The van der Waals surface area contributed by atoms with E-state index in [0.717, 1.165) is 5.56 Å². The van der Waals surface area contributed by atoms with Crippen LogP contribution in [0.2, 0.25) is 0 Å². The Labute approximate surface area is 199 Å². The van der Waals surface area contributed by atoms with E-state index in [1.165, 1.54) is 28.9 Å². The summed E-state index contributed by atoms with van der Waals surface area (Å²) in [5.74, 6) is -0.650. The van der Waals surface area contributed by atoms with Crippen molar-refractivity contribution in [2.45, 2.75) is 19.9 Å². The minimum atomic E-state index is -0.752. The highest BCUT2D eigenvalue weighted by Gasteiger charge is 2.33. The summed E-state index contributed by atoms with van der Waals surface area (Å²) in [6.45, 7) is 6.66. The van der Waals surface area contributed by atoms with Crippen LogP contribution in [0.3, 0.4) is 0 Å². The summed E-state index contributed by atoms with van der Waals surface area (Å²) in [6, 6.07) is 15.5. The molecule has 0 unspecified atom stereocenters. The number of fused-ring (bicyclic) bond motifs is 1. The Bertz CT molecular complexity index is 1460. The van der Waals surface area contributed by atoms with Gasteiger partial charge in [0, 0.05) is 6.92 Å². The fourth-order valence-electron chi connectivity index (χ4n) is 3.70. The Balaban J connectivity index is 1.89. The molecular formula is C26H22N2O5S. The van der Waals surface area contributed by atoms with E-state index < -0.39 is 18.0 Å². The summed E-state index contributed by atoms with van der Waals surface area (Å²) in [7, 11) is 0. The molecule has 3 aromatic rings. The molecule has 7 nitrogen and oxygen atoms in total. The van der Waals surface area contributed by atoms with E-state index in [9.17, 15) is 14.4 Å². The van der Waals surface area contributed by atoms with E-state index in [2.05, 4.69) is 11.6 Å². The molecule has 0 radical (unpaired) electrons. The molecule has 0 saturated carbocycles. The summed E-state index contributed by atoms with van der Waals surface area (Å²) in [4.78, 5) is 42.9. The Hall–Kier alpha value is -4.04. The molecule has 2 aromatic carbocycles. The van der Waals surface area contributed by atoms with Crippen LogP contribution >= 0.6 is 11.3 Å². The highest BCUT2D eigenvalue weighted by molar-refractivity contribution is 7.07. The van der Waals surface area contributed by atoms with E-state index in [1.807, 2.05) is 30.3 Å². The molecule has 0 N–H and O–H groups in total. The SMILES string of the molecule is C=CCOC(=O)C1=C(C)N=c2s/c(=C\c3ccccc3)c(=O)n2[C@@H]1c1ccc(OC(C)=O)cc1. The van der Waals surface area contributed by atoms with Gasteiger partial charge in [0.25, 0.3) is 5.56 Å². The predicted octanol–water partition coefficient (Wildman–Crippen LogP) is 2.89. The van der Waals surface area contributed by atoms with Gasteiger partial charge in [-0.15, -0.1) is 0 Å². The molecule has 0 saturated heterocycles. The molecule has 34 heavy (non-hydrogen) atoms. The fourth-order valence-corrected chi connectivity index (χ4v) is 4.74. The highest BCUT2D eigenvalue weighted by Crippen LogP contribution is 2.31. The second-order valence-electron chi connectivity index (χ2n) is 7.54. The lowest BCUT2D eigenvalue weighted by atomic mass is 9.96. The van der Waals surface area contributed by atoms with Crippen molar-refractivity contribution >= 4 is 29.4 Å². The van der Waals surface area contributed by atoms with Crippen LogP contribution in [0.15, 0.2) is 88.3 Å². The Morgan fingerprint density at radius 3 is 2.50 bits per heavy atom. The average molecular weight is 475 g/mol. The van der Waals surface area contributed by atoms with Crippen LogP contribution in [0.5, 0.6) is 5.75 Å². The summed E-state index contributed by atoms with van der Waals surface area (Å²) < 4.78 is 12.5. The standard InChI is InChI=1S/C26H22N2O5S/c1-4-14-32-25(31)22-16(2)27-26-28(23(22)19-10-12-20(13-11-19)33-17(3)29)24(30)21(34-26)15-18-8-6-5-7-9-18/h4-13,15,23H,1,14H2,2-3H3/b21-15-/t23-/m1/s1. The number of allylic oxidation sites excluding steroid dienone is 1. The second-order valence-corrected chi connectivity index (χ2v) is 8.55. The number of thiazole rings is 1. The largest absolute Gasteiger partial charge is 0.458 e. The summed E-state index contributed by atoms with van der Waals surface area (Å²) >= 11 is 1.26. The van der Waals surface area contributed by atoms with Gasteiger partial charge in [-0.1, -0.05) is 66.5 Å². The van der Waals surface area contributed by atoms with Gasteiger partial charge in [-0.05, 0) is 36.3 Å². The molecule has 0 bridgehead atoms. The number of nitrogens with zero attached hydrogens (tertiary/aromatic N) is 2. The van der Waals surface area contributed by atoms with Crippen molar-refractivity contribution in [3.05, 3.63) is 109 Å². The number of carbonyl (C=O) groups is 2. The third-order valence-corrected chi connectivity index (χ3v) is 6.11. The summed E-state index contributed by atoms with van der Waals surface area (Å²) in [5, 5.41) is 0. The van der Waals surface area contributed by atoms with Crippen LogP contribution < -0.4 is 19.6 Å². The number of benzene rings is 2. The molecule has 0 fully saturated rings. The lowest BCUT2D eigenvalue weighted by Gasteiger charge is -2.24. The number of rotatable bonds is 6. The first-order valence-corrected chi connectivity index (χ1v) is 11.3. The van der Waals surface area contributed by atoms with Gasteiger partial charge >= 0.3 is 11.9 Å². The summed E-state index contributed by atoms with van der Waals surface area (Å²) in [5.41, 5.74) is 2.01. The minimum Gasteiger partial charge on any atom is -0.458 e. The molecule has 0 amide bonds. The van der Waals surface area contributed by atoms with E-state index >= 15 is 0 Å². The van der Waals surface area contributed by atoms with Gasteiger partial charge in [0.05, 0.1) is 21.8 Å². The van der Waals surface area contributed by atoms with Crippen molar-refractivity contribution in [3.63, 3.8) is 0 Å². The predicted molar refractivity (Wildman–Crippen MR) is 129 cm³/mol. The number of ether oxygens (including phenoxy) is 2. The van der Waals surface area contributed by atoms with Crippen LogP contribution in [0.1, 0.15) is 31.0 Å². The first-order valence-electron chi connectivity index (χ1n) is 10.5. The molecule has 172 valence electrons. The molecule has 8 heteroatoms. The van der Waals surface area contributed by atoms with Gasteiger partial charge in [-0.2, -0.15) is 0 Å². The van der Waals surface area contributed by atoms with E-state index in [1.54, 1.807) is 37.3 Å². The second kappa shape index (κ2) is 9.84. The Kier molecular flexibility index (Phi) is 6.70. The van der Waals surface area contributed by atoms with Crippen molar-refractivity contribution < 1.29 is 19.1 Å². The third kappa shape index (κ3) is 4.67. The molecule has 1 aliphatic rings. The number of carbonyl (C=O) groups excluding carboxylic acids is 2. The molecule has 0 spiro atoms. The van der Waals surface area contributed by atoms with Crippen LogP contribution in [-0.4, -0.2) is 23.1 Å². The van der Waals surface area contributed by atoms with Crippen molar-refractivity contribution in [1.82, 2.24) is 4.57 Å². The molecule has 1 aromatic heterocycles. The maximum atomic E-state index is 13.5. The Morgan fingerprint density at radius 2 is 1.85 bits per heavy atom. The van der Waals surface area contributed by atoms with Crippen LogP contribution in [-0.2, 0) is 14.3 Å². The zero-order chi connectivity index (χ0) is 24.2. The molecular weight excluding hydrogens is 452 g/mol. The quantitative estimate of drug-likeness (QED) is 0.312. The molecule has 4 rings (SSSR count). The lowest BCUT2D eigenvalue weighted by molar-refractivity contribution is -0.138. The first-order chi connectivity index (χ1) is 16.4. The van der Waals surface area contributed by atoms with E-state index in [4.69, 9.17) is 9.47 Å². The minimum absolute atomic E-state index is 0.0339. The monoisotopic (exact) mass is 474 g/mol. The Morgan fingerprint density at radius 1 is 1.15 bits per heavy atom. The smallest absolute Gasteiger partial charge is 0.338 e. The number of aromatic nitrogens is 1. The van der Waals surface area contributed by atoms with Gasteiger partial charge in [0.15, 0.2) is 4.80 Å². The number of esters is 2. The van der Waals surface area contributed by atoms with Crippen molar-refractivity contribution in [2.24, 2.45) is 4.99 Å². The first kappa shape index (κ1) is 23.1. The maximum absolute atomic E-state index is 13.5. The molecule has 0 aliphatic carbocycles. The molecule has 2 heterocycles. The van der Waals surface area contributed by atoms with Gasteiger partial charge in [0.1, 0.15) is 12.4 Å². The highest BCUT2D eigenvalue weighted by atomic mass is 32.1. The normalized spacial score (nSPS) is 15.4. The summed E-state index contributed by atoms with van der Waals surface area (Å²) in [6.07, 6.45) is 3.28. The van der Waals surface area contributed by atoms with Gasteiger partial charge in [-0.3, -0.25) is 14.2 Å². The third-order valence-electron chi connectivity index (χ3n) is 5.13. The zero-order valence-corrected chi connectivity index (χ0v) is 19.5. The number of hydrogen-bond donors (Lipinski definition) is 0. The van der Waals surface area contributed by atoms with E-state index in [-0.39, 0.29) is 17.7 Å². The number of hydrogen-bond acceptors (Lipinski definition) is 7. The lowest BCUT2D eigenvalue weighted by Crippen LogP contribution is -2.39. The van der Waals surface area contributed by atoms with Crippen LogP contribution in [0.4, 0.5) is 0 Å². The van der Waals surface area contributed by atoms with E-state index in [0.29, 0.717) is 26.3 Å². The van der Waals surface area contributed by atoms with Crippen molar-refractivity contribution in [2.75, 3.05) is 6.61 Å². The van der Waals surface area contributed by atoms with Gasteiger partial charge < -0.3 is 9.47 Å². The zero-order valence-electron chi connectivity index (χ0n) is 18.7. The topological polar surface area (TPSA) is 87.0 Å². The van der Waals surface area contributed by atoms with Crippen molar-refractivity contribution in [1.29, 1.82) is 0 Å². The van der Waals surface area contributed by atoms with Gasteiger partial charge in [0.2, 0.25) is 0 Å². The fraction of sp³-hybridized carbons (Fsp3) is 0.154. The van der Waals surface area contributed by atoms with Crippen LogP contribution in [0.25, 0.3) is 6.08 Å². The van der Waals surface area contributed by atoms with Crippen molar-refractivity contribution in [3.8, 4) is 5.75 Å².